The van der Waals surface area contributed by atoms with E-state index in [1.165, 1.54) is 0 Å². The molecule has 2 N–H and O–H groups in total. The summed E-state index contributed by atoms with van der Waals surface area (Å²) in [5.41, 5.74) is 0.671. The number of carbonyl (C=O) groups excluding carboxylic acids is 1. The molecule has 20 heavy (non-hydrogen) atoms. The van der Waals surface area contributed by atoms with Crippen molar-refractivity contribution in [2.45, 2.75) is 32.7 Å². The van der Waals surface area contributed by atoms with E-state index in [2.05, 4.69) is 10.6 Å². The van der Waals surface area contributed by atoms with Crippen LogP contribution in [0.25, 0.3) is 0 Å². The molecular weight excluding hydrogens is 295 g/mol. The SMILES string of the molecule is CC(C)(Cc1cccc(Cl)c1)C(=O)NC1CCNC1.Cl. The van der Waals surface area contributed by atoms with E-state index in [0.29, 0.717) is 11.4 Å². The Hall–Kier alpha value is -0.770. The lowest BCUT2D eigenvalue weighted by Gasteiger charge is -2.26. The maximum absolute atomic E-state index is 12.3. The maximum Gasteiger partial charge on any atom is 0.226 e. The van der Waals surface area contributed by atoms with Crippen LogP contribution in [0.3, 0.4) is 0 Å². The number of nitrogens with one attached hydrogen (secondary N) is 2. The second-order valence-corrected chi connectivity index (χ2v) is 6.29. The molecule has 1 amide bonds. The molecule has 0 aromatic heterocycles. The van der Waals surface area contributed by atoms with Crippen LogP contribution in [-0.4, -0.2) is 25.0 Å². The summed E-state index contributed by atoms with van der Waals surface area (Å²) in [7, 11) is 0. The van der Waals surface area contributed by atoms with Crippen molar-refractivity contribution in [1.29, 1.82) is 0 Å². The normalized spacial score (nSPS) is 18.4. The fraction of sp³-hybridized carbons (Fsp3) is 0.533. The number of amides is 1. The molecule has 5 heteroatoms. The van der Waals surface area contributed by atoms with E-state index >= 15 is 0 Å². The molecule has 1 atom stereocenters. The molecule has 1 fully saturated rings. The lowest BCUT2D eigenvalue weighted by molar-refractivity contribution is -0.129. The first kappa shape index (κ1) is 17.3. The van der Waals surface area contributed by atoms with Gasteiger partial charge in [-0.25, -0.2) is 0 Å². The molecule has 0 saturated carbocycles. The highest BCUT2D eigenvalue weighted by atomic mass is 35.5. The van der Waals surface area contributed by atoms with Crippen molar-refractivity contribution < 1.29 is 4.79 Å². The van der Waals surface area contributed by atoms with Crippen LogP contribution >= 0.6 is 24.0 Å². The summed E-state index contributed by atoms with van der Waals surface area (Å²) >= 11 is 5.98. The van der Waals surface area contributed by atoms with Gasteiger partial charge in [0.25, 0.3) is 0 Å². The lowest BCUT2D eigenvalue weighted by atomic mass is 9.84. The van der Waals surface area contributed by atoms with E-state index in [9.17, 15) is 4.79 Å². The van der Waals surface area contributed by atoms with Crippen LogP contribution in [0.1, 0.15) is 25.8 Å². The fourth-order valence-electron chi connectivity index (χ4n) is 2.40. The number of hydrogen-bond donors (Lipinski definition) is 2. The third-order valence-electron chi connectivity index (χ3n) is 3.55. The molecule has 1 saturated heterocycles. The van der Waals surface area contributed by atoms with E-state index in [0.717, 1.165) is 25.1 Å². The zero-order valence-corrected chi connectivity index (χ0v) is 13.5. The van der Waals surface area contributed by atoms with Gasteiger partial charge in [0.05, 0.1) is 0 Å². The molecule has 0 bridgehead atoms. The van der Waals surface area contributed by atoms with Crippen molar-refractivity contribution in [3.8, 4) is 0 Å². The highest BCUT2D eigenvalue weighted by Gasteiger charge is 2.30. The van der Waals surface area contributed by atoms with Gasteiger partial charge in [0.15, 0.2) is 0 Å². The molecule has 1 aliphatic rings. The first-order chi connectivity index (χ1) is 8.97. The molecule has 3 nitrogen and oxygen atoms in total. The largest absolute Gasteiger partial charge is 0.352 e. The van der Waals surface area contributed by atoms with Crippen LogP contribution in [0, 0.1) is 5.41 Å². The number of halogens is 2. The van der Waals surface area contributed by atoms with Gasteiger partial charge in [-0.2, -0.15) is 0 Å². The second-order valence-electron chi connectivity index (χ2n) is 5.85. The highest BCUT2D eigenvalue weighted by molar-refractivity contribution is 6.30. The third kappa shape index (κ3) is 4.65. The predicted molar refractivity (Wildman–Crippen MR) is 85.6 cm³/mol. The van der Waals surface area contributed by atoms with Gasteiger partial charge in [-0.05, 0) is 37.1 Å². The Morgan fingerprint density at radius 1 is 1.50 bits per heavy atom. The van der Waals surface area contributed by atoms with Crippen molar-refractivity contribution in [2.24, 2.45) is 5.41 Å². The second kappa shape index (κ2) is 7.30. The van der Waals surface area contributed by atoms with Crippen LogP contribution in [0.15, 0.2) is 24.3 Å². The average molecular weight is 317 g/mol. The zero-order valence-electron chi connectivity index (χ0n) is 11.9. The minimum Gasteiger partial charge on any atom is -0.352 e. The minimum atomic E-state index is -0.423. The first-order valence-corrected chi connectivity index (χ1v) is 7.11. The van der Waals surface area contributed by atoms with Crippen LogP contribution in [0.5, 0.6) is 0 Å². The molecule has 112 valence electrons. The summed E-state index contributed by atoms with van der Waals surface area (Å²) in [4.78, 5) is 12.3. The van der Waals surface area contributed by atoms with Gasteiger partial charge in [0.2, 0.25) is 5.91 Å². The Bertz CT molecular complexity index is 457. The highest BCUT2D eigenvalue weighted by Crippen LogP contribution is 2.24. The molecule has 1 aromatic carbocycles. The Morgan fingerprint density at radius 3 is 2.85 bits per heavy atom. The topological polar surface area (TPSA) is 41.1 Å². The monoisotopic (exact) mass is 316 g/mol. The summed E-state index contributed by atoms with van der Waals surface area (Å²) in [5.74, 6) is 0.112. The Labute approximate surface area is 131 Å². The smallest absolute Gasteiger partial charge is 0.226 e. The maximum atomic E-state index is 12.3. The van der Waals surface area contributed by atoms with Crippen LogP contribution in [-0.2, 0) is 11.2 Å². The zero-order chi connectivity index (χ0) is 13.9. The number of hydrogen-bond acceptors (Lipinski definition) is 2. The van der Waals surface area contributed by atoms with Crippen molar-refractivity contribution in [3.05, 3.63) is 34.9 Å². The van der Waals surface area contributed by atoms with Gasteiger partial charge in [-0.15, -0.1) is 12.4 Å². The number of carbonyl (C=O) groups is 1. The van der Waals surface area contributed by atoms with Gasteiger partial charge in [-0.1, -0.05) is 37.6 Å². The van der Waals surface area contributed by atoms with E-state index in [1.54, 1.807) is 0 Å². The quantitative estimate of drug-likeness (QED) is 0.896. The van der Waals surface area contributed by atoms with Gasteiger partial charge in [-0.3, -0.25) is 4.79 Å². The van der Waals surface area contributed by atoms with Crippen molar-refractivity contribution in [1.82, 2.24) is 10.6 Å². The van der Waals surface area contributed by atoms with Crippen LogP contribution in [0.4, 0.5) is 0 Å². The number of benzene rings is 1. The van der Waals surface area contributed by atoms with Gasteiger partial charge in [0.1, 0.15) is 0 Å². The summed E-state index contributed by atoms with van der Waals surface area (Å²) in [6.07, 6.45) is 1.71. The van der Waals surface area contributed by atoms with Gasteiger partial charge in [0, 0.05) is 23.0 Å². The first-order valence-electron chi connectivity index (χ1n) is 6.73. The Kier molecular flexibility index (Phi) is 6.31. The van der Waals surface area contributed by atoms with Crippen molar-refractivity contribution in [3.63, 3.8) is 0 Å². The van der Waals surface area contributed by atoms with Gasteiger partial charge < -0.3 is 10.6 Å². The summed E-state index contributed by atoms with van der Waals surface area (Å²) in [6.45, 7) is 5.82. The Morgan fingerprint density at radius 2 is 2.25 bits per heavy atom. The summed E-state index contributed by atoms with van der Waals surface area (Å²) in [6, 6.07) is 7.98. The molecular formula is C15H22Cl2N2O. The summed E-state index contributed by atoms with van der Waals surface area (Å²) in [5, 5.41) is 7.09. The minimum absolute atomic E-state index is 0. The third-order valence-corrected chi connectivity index (χ3v) is 3.78. The molecule has 2 rings (SSSR count). The summed E-state index contributed by atoms with van der Waals surface area (Å²) < 4.78 is 0. The van der Waals surface area contributed by atoms with Gasteiger partial charge >= 0.3 is 0 Å². The Balaban J connectivity index is 0.00000200. The molecule has 0 radical (unpaired) electrons. The lowest BCUT2D eigenvalue weighted by Crippen LogP contribution is -2.44. The molecule has 1 unspecified atom stereocenters. The van der Waals surface area contributed by atoms with E-state index in [1.807, 2.05) is 38.1 Å². The molecule has 0 spiro atoms. The van der Waals surface area contributed by atoms with Crippen LogP contribution < -0.4 is 10.6 Å². The van der Waals surface area contributed by atoms with Crippen molar-refractivity contribution in [2.75, 3.05) is 13.1 Å². The molecule has 1 heterocycles. The van der Waals surface area contributed by atoms with Crippen LogP contribution in [0.2, 0.25) is 5.02 Å². The standard InChI is InChI=1S/C15H21ClN2O.ClH/c1-15(2,9-11-4-3-5-12(16)8-11)14(19)18-13-6-7-17-10-13;/h3-5,8,13,17H,6-7,9-10H2,1-2H3,(H,18,19);1H. The predicted octanol–water partition coefficient (Wildman–Crippen LogP) is 2.81. The fourth-order valence-corrected chi connectivity index (χ4v) is 2.61. The average Bonchev–Trinajstić information content (AvgIpc) is 2.81. The molecule has 1 aliphatic heterocycles. The number of rotatable bonds is 4. The van der Waals surface area contributed by atoms with Crippen molar-refractivity contribution >= 4 is 29.9 Å². The molecule has 1 aromatic rings. The van der Waals surface area contributed by atoms with E-state index in [4.69, 9.17) is 11.6 Å². The van der Waals surface area contributed by atoms with E-state index in [-0.39, 0.29) is 24.4 Å². The van der Waals surface area contributed by atoms with E-state index < -0.39 is 5.41 Å². The molecule has 0 aliphatic carbocycles.